The predicted octanol–water partition coefficient (Wildman–Crippen LogP) is 1.15. The number of carboxylic acids is 1. The van der Waals surface area contributed by atoms with Gasteiger partial charge in [-0.05, 0) is 18.6 Å². The lowest BCUT2D eigenvalue weighted by Gasteiger charge is -2.14. The molecule has 0 aromatic heterocycles. The molecule has 142 valence electrons. The smallest absolute Gasteiger partial charge is 0.333 e. The highest BCUT2D eigenvalue weighted by molar-refractivity contribution is 7.96. The van der Waals surface area contributed by atoms with Gasteiger partial charge in [-0.25, -0.2) is 9.80 Å². The molecule has 3 N–H and O–H groups in total. The third-order valence-corrected chi connectivity index (χ3v) is 3.75. The summed E-state index contributed by atoms with van der Waals surface area (Å²) in [5.41, 5.74) is 3.34. The highest BCUT2D eigenvalue weighted by Crippen LogP contribution is 2.22. The minimum absolute atomic E-state index is 0.144. The van der Waals surface area contributed by atoms with E-state index in [-0.39, 0.29) is 11.8 Å². The first-order valence-electron chi connectivity index (χ1n) is 8.10. The van der Waals surface area contributed by atoms with Gasteiger partial charge in [0.2, 0.25) is 0 Å². The first-order chi connectivity index (χ1) is 12.3. The van der Waals surface area contributed by atoms with E-state index < -0.39 is 29.5 Å². The molecule has 0 bridgehead atoms. The number of hydrazine groups is 1. The molecular formula is C17H22N2O6S. The van der Waals surface area contributed by atoms with E-state index in [1.54, 1.807) is 12.1 Å². The van der Waals surface area contributed by atoms with Crippen LogP contribution in [0.15, 0.2) is 30.3 Å². The van der Waals surface area contributed by atoms with Gasteiger partial charge in [0.1, 0.15) is 5.92 Å². The Kier molecular flexibility index (Phi) is 8.80. The molecule has 1 aromatic carbocycles. The minimum atomic E-state index is -1.62. The van der Waals surface area contributed by atoms with E-state index in [1.165, 1.54) is 5.01 Å². The number of unbranched alkanes of at least 4 members (excludes halogenated alkanes) is 1. The van der Waals surface area contributed by atoms with Crippen molar-refractivity contribution in [2.75, 3.05) is 5.01 Å². The molecule has 8 nitrogen and oxygen atoms in total. The van der Waals surface area contributed by atoms with Crippen molar-refractivity contribution in [2.45, 2.75) is 38.7 Å². The van der Waals surface area contributed by atoms with Gasteiger partial charge in [-0.2, -0.15) is 0 Å². The number of hydrogen-bond donors (Lipinski definition) is 4. The molecule has 1 aliphatic heterocycles. The zero-order chi connectivity index (χ0) is 19.7. The Labute approximate surface area is 156 Å². The maximum atomic E-state index is 12.1. The zero-order valence-electron chi connectivity index (χ0n) is 14.3. The maximum absolute atomic E-state index is 12.1. The average molecular weight is 382 g/mol. The van der Waals surface area contributed by atoms with Crippen LogP contribution in [0.4, 0.5) is 5.69 Å². The van der Waals surface area contributed by atoms with Crippen LogP contribution in [0.2, 0.25) is 0 Å². The standard InChI is InChI=1S/C13H16N2O2.C4H6O4S/c1-2-3-9-11-12(16)14-15(13(11)17)10-7-5-4-6-8-10;5-2(4(7)8)1-3(6)9/h4-8,11H,2-3,9H2,1H3,(H,14,16);2,5H,1H2,(H,6,9)(H,7,8). The number of aliphatic hydroxyl groups is 1. The first kappa shape index (κ1) is 21.7. The quantitative estimate of drug-likeness (QED) is 0.414. The molecule has 1 saturated heterocycles. The molecule has 26 heavy (non-hydrogen) atoms. The van der Waals surface area contributed by atoms with Crippen molar-refractivity contribution in [3.05, 3.63) is 30.3 Å². The molecule has 2 amide bonds. The summed E-state index contributed by atoms with van der Waals surface area (Å²) in [6, 6.07) is 9.17. The van der Waals surface area contributed by atoms with E-state index in [2.05, 4.69) is 18.1 Å². The molecule has 9 heteroatoms. The highest BCUT2D eigenvalue weighted by atomic mass is 32.1. The fourth-order valence-electron chi connectivity index (χ4n) is 2.20. The van der Waals surface area contributed by atoms with Crippen molar-refractivity contribution in [3.8, 4) is 0 Å². The predicted molar refractivity (Wildman–Crippen MR) is 97.3 cm³/mol. The SMILES string of the molecule is CCCCC1C(=O)NN(c2ccccc2)C1=O.O=C(S)CC(O)C(=O)O. The van der Waals surface area contributed by atoms with Crippen molar-refractivity contribution in [1.29, 1.82) is 0 Å². The van der Waals surface area contributed by atoms with Gasteiger partial charge in [0.15, 0.2) is 11.2 Å². The molecule has 0 saturated carbocycles. The number of amides is 2. The number of anilines is 1. The summed E-state index contributed by atoms with van der Waals surface area (Å²) in [4.78, 5) is 43.6. The highest BCUT2D eigenvalue weighted by Gasteiger charge is 2.39. The fourth-order valence-corrected chi connectivity index (χ4v) is 2.37. The van der Waals surface area contributed by atoms with Gasteiger partial charge in [-0.3, -0.25) is 19.8 Å². The number of rotatable bonds is 7. The average Bonchev–Trinajstić information content (AvgIpc) is 2.88. The number of hydrogen-bond acceptors (Lipinski definition) is 5. The number of carbonyl (C=O) groups excluding carboxylic acids is 3. The number of carbonyl (C=O) groups is 4. The number of nitrogens with one attached hydrogen (secondary N) is 1. The molecule has 2 atom stereocenters. The lowest BCUT2D eigenvalue weighted by Crippen LogP contribution is -2.35. The Hall–Kier alpha value is -2.39. The van der Waals surface area contributed by atoms with Crippen molar-refractivity contribution in [2.24, 2.45) is 5.92 Å². The number of benzene rings is 1. The van der Waals surface area contributed by atoms with Crippen molar-refractivity contribution >= 4 is 41.2 Å². The van der Waals surface area contributed by atoms with Crippen LogP contribution in [-0.2, 0) is 19.2 Å². The van der Waals surface area contributed by atoms with E-state index in [0.717, 1.165) is 12.8 Å². The van der Waals surface area contributed by atoms with Gasteiger partial charge in [0, 0.05) is 0 Å². The third kappa shape index (κ3) is 6.49. The van der Waals surface area contributed by atoms with Crippen molar-refractivity contribution < 1.29 is 29.4 Å². The lowest BCUT2D eigenvalue weighted by molar-refractivity contribution is -0.148. The van der Waals surface area contributed by atoms with Gasteiger partial charge in [0.05, 0.1) is 12.1 Å². The summed E-state index contributed by atoms with van der Waals surface area (Å²) >= 11 is 3.27. The number of nitrogens with zero attached hydrogens (tertiary/aromatic N) is 1. The van der Waals surface area contributed by atoms with E-state index in [4.69, 9.17) is 10.2 Å². The second kappa shape index (κ2) is 10.6. The Bertz CT molecular complexity index is 652. The summed E-state index contributed by atoms with van der Waals surface area (Å²) in [6.45, 7) is 2.05. The van der Waals surface area contributed by atoms with Gasteiger partial charge >= 0.3 is 5.97 Å². The molecule has 2 unspecified atom stereocenters. The van der Waals surface area contributed by atoms with E-state index in [9.17, 15) is 19.2 Å². The summed E-state index contributed by atoms with van der Waals surface area (Å²) in [5.74, 6) is -2.26. The second-order valence-electron chi connectivity index (χ2n) is 5.63. The summed E-state index contributed by atoms with van der Waals surface area (Å²) < 4.78 is 0. The van der Waals surface area contributed by atoms with Gasteiger partial charge in [0.25, 0.3) is 11.8 Å². The topological polar surface area (TPSA) is 124 Å². The van der Waals surface area contributed by atoms with Crippen LogP contribution in [0, 0.1) is 5.92 Å². The molecular weight excluding hydrogens is 360 g/mol. The molecule has 1 heterocycles. The number of aliphatic hydroxyl groups excluding tert-OH is 1. The molecule has 1 fully saturated rings. The number of carboxylic acid groups (broad SMARTS) is 1. The van der Waals surface area contributed by atoms with Gasteiger partial charge in [-0.1, -0.05) is 38.0 Å². The molecule has 2 rings (SSSR count). The Morgan fingerprint density at radius 2 is 1.88 bits per heavy atom. The van der Waals surface area contributed by atoms with Crippen LogP contribution < -0.4 is 10.4 Å². The van der Waals surface area contributed by atoms with Crippen LogP contribution in [0.5, 0.6) is 0 Å². The van der Waals surface area contributed by atoms with Crippen LogP contribution in [0.1, 0.15) is 32.6 Å². The first-order valence-corrected chi connectivity index (χ1v) is 8.54. The number of aliphatic carboxylic acids is 1. The second-order valence-corrected chi connectivity index (χ2v) is 6.13. The van der Waals surface area contributed by atoms with E-state index in [0.29, 0.717) is 12.1 Å². The van der Waals surface area contributed by atoms with E-state index in [1.807, 2.05) is 25.1 Å². The van der Waals surface area contributed by atoms with Crippen LogP contribution in [-0.4, -0.2) is 39.2 Å². The minimum Gasteiger partial charge on any atom is -0.479 e. The van der Waals surface area contributed by atoms with E-state index >= 15 is 0 Å². The summed E-state index contributed by atoms with van der Waals surface area (Å²) in [7, 11) is 0. The molecule has 0 spiro atoms. The molecule has 1 aliphatic rings. The normalized spacial score (nSPS) is 17.2. The molecule has 0 radical (unpaired) electrons. The van der Waals surface area contributed by atoms with Gasteiger partial charge in [-0.15, -0.1) is 12.6 Å². The molecule has 0 aliphatic carbocycles. The van der Waals surface area contributed by atoms with Crippen molar-refractivity contribution in [3.63, 3.8) is 0 Å². The fraction of sp³-hybridized carbons (Fsp3) is 0.412. The monoisotopic (exact) mass is 382 g/mol. The van der Waals surface area contributed by atoms with Crippen LogP contribution >= 0.6 is 12.6 Å². The lowest BCUT2D eigenvalue weighted by atomic mass is 10.0. The Morgan fingerprint density at radius 1 is 1.27 bits per heavy atom. The zero-order valence-corrected chi connectivity index (χ0v) is 15.2. The van der Waals surface area contributed by atoms with Crippen LogP contribution in [0.3, 0.4) is 0 Å². The Balaban J connectivity index is 0.000000321. The summed E-state index contributed by atoms with van der Waals surface area (Å²) in [6.07, 6.45) is 0.452. The number of thiol groups is 1. The third-order valence-electron chi connectivity index (χ3n) is 3.57. The Morgan fingerprint density at radius 3 is 2.35 bits per heavy atom. The van der Waals surface area contributed by atoms with Gasteiger partial charge < -0.3 is 10.2 Å². The number of para-hydroxylation sites is 1. The largest absolute Gasteiger partial charge is 0.479 e. The van der Waals surface area contributed by atoms with Crippen molar-refractivity contribution in [1.82, 2.24) is 5.43 Å². The summed E-state index contributed by atoms with van der Waals surface area (Å²) in [5, 5.41) is 17.1. The maximum Gasteiger partial charge on any atom is 0.333 e. The van der Waals surface area contributed by atoms with Crippen LogP contribution in [0.25, 0.3) is 0 Å². The molecule has 1 aromatic rings.